The van der Waals surface area contributed by atoms with Crippen LogP contribution >= 0.6 is 23.2 Å². The molecular formula is C57H61Cl2N5O9. The van der Waals surface area contributed by atoms with E-state index in [4.69, 9.17) is 37.4 Å². The molecule has 7 rings (SSSR count). The van der Waals surface area contributed by atoms with Crippen molar-refractivity contribution in [3.8, 4) is 0 Å². The third-order valence-electron chi connectivity index (χ3n) is 11.9. The molecule has 0 radical (unpaired) electrons. The lowest BCUT2D eigenvalue weighted by Gasteiger charge is -2.38. The smallest absolute Gasteiger partial charge is 0.338 e. The quantitative estimate of drug-likeness (QED) is 0.0723. The number of nitrogens with zero attached hydrogens (tertiary/aromatic N) is 3. The Morgan fingerprint density at radius 1 is 0.589 bits per heavy atom. The van der Waals surface area contributed by atoms with E-state index in [2.05, 4.69) is 22.8 Å². The molecule has 16 heteroatoms. The number of hydrogen-bond acceptors (Lipinski definition) is 9. The molecule has 2 aliphatic heterocycles. The topological polar surface area (TPSA) is 164 Å². The SMILES string of the molecule is CC1=C(C(=O)OC(C)C)C(c2cccc(Cl)c2)N(Cc2cccc(C(=O)N(C)CCCc3ccccc3)c2)C(=O)N1.COC(=O)c1cccc(CN2C(=O)NC(C)=C(C(=O)OC(C)C)C2c2cccc(Cl)c2)c1. The number of rotatable bonds is 16. The second-order valence-electron chi connectivity index (χ2n) is 18.2. The van der Waals surface area contributed by atoms with Crippen LogP contribution in [0.1, 0.15) is 109 Å². The molecule has 5 amide bonds. The fourth-order valence-corrected chi connectivity index (χ4v) is 9.01. The van der Waals surface area contributed by atoms with Gasteiger partial charge >= 0.3 is 30.0 Å². The van der Waals surface area contributed by atoms with E-state index in [0.717, 1.165) is 18.4 Å². The van der Waals surface area contributed by atoms with E-state index in [9.17, 15) is 28.8 Å². The first-order valence-electron chi connectivity index (χ1n) is 23.9. The lowest BCUT2D eigenvalue weighted by atomic mass is 9.93. The van der Waals surface area contributed by atoms with Crippen molar-refractivity contribution in [2.75, 3.05) is 20.7 Å². The van der Waals surface area contributed by atoms with Gasteiger partial charge in [0.1, 0.15) is 0 Å². The van der Waals surface area contributed by atoms with Crippen molar-refractivity contribution in [2.45, 2.75) is 91.8 Å². The molecule has 2 unspecified atom stereocenters. The largest absolute Gasteiger partial charge is 0.465 e. The van der Waals surface area contributed by atoms with Crippen molar-refractivity contribution >= 4 is 59.1 Å². The fourth-order valence-electron chi connectivity index (χ4n) is 8.61. The van der Waals surface area contributed by atoms with E-state index in [0.29, 0.717) is 66.9 Å². The van der Waals surface area contributed by atoms with Crippen molar-refractivity contribution in [1.82, 2.24) is 25.3 Å². The van der Waals surface area contributed by atoms with Crippen molar-refractivity contribution in [1.29, 1.82) is 0 Å². The summed E-state index contributed by atoms with van der Waals surface area (Å²) >= 11 is 12.5. The molecule has 382 valence electrons. The van der Waals surface area contributed by atoms with Crippen LogP contribution < -0.4 is 10.6 Å². The van der Waals surface area contributed by atoms with Crippen molar-refractivity contribution in [3.63, 3.8) is 0 Å². The average Bonchev–Trinajstić information content (AvgIpc) is 3.35. The van der Waals surface area contributed by atoms with Gasteiger partial charge in [-0.1, -0.05) is 102 Å². The van der Waals surface area contributed by atoms with Crippen LogP contribution in [-0.4, -0.2) is 83.5 Å². The maximum absolute atomic E-state index is 13.4. The zero-order valence-corrected chi connectivity index (χ0v) is 43.8. The van der Waals surface area contributed by atoms with E-state index < -0.39 is 30.0 Å². The summed E-state index contributed by atoms with van der Waals surface area (Å²) in [5.74, 6) is -1.59. The molecule has 2 aliphatic rings. The number of esters is 3. The second kappa shape index (κ2) is 25.3. The van der Waals surface area contributed by atoms with Gasteiger partial charge in [-0.15, -0.1) is 0 Å². The van der Waals surface area contributed by atoms with Gasteiger partial charge in [-0.05, 0) is 131 Å². The molecule has 5 aromatic carbocycles. The highest BCUT2D eigenvalue weighted by Crippen LogP contribution is 2.38. The molecule has 0 saturated heterocycles. The Morgan fingerprint density at radius 3 is 1.48 bits per heavy atom. The Bertz CT molecular complexity index is 2900. The highest BCUT2D eigenvalue weighted by atomic mass is 35.5. The number of urea groups is 2. The Labute approximate surface area is 436 Å². The normalized spacial score (nSPS) is 15.6. The van der Waals surface area contributed by atoms with Crippen LogP contribution in [0.2, 0.25) is 10.0 Å². The van der Waals surface area contributed by atoms with Gasteiger partial charge in [-0.3, -0.25) is 4.79 Å². The van der Waals surface area contributed by atoms with Crippen LogP contribution in [0.25, 0.3) is 0 Å². The summed E-state index contributed by atoms with van der Waals surface area (Å²) in [6.45, 7) is 11.4. The van der Waals surface area contributed by atoms with Crippen LogP contribution in [0.5, 0.6) is 0 Å². The highest BCUT2D eigenvalue weighted by Gasteiger charge is 2.40. The van der Waals surface area contributed by atoms with Gasteiger partial charge in [0, 0.05) is 53.7 Å². The Balaban J connectivity index is 0.000000246. The third kappa shape index (κ3) is 14.4. The molecule has 2 N–H and O–H groups in total. The van der Waals surface area contributed by atoms with Gasteiger partial charge in [-0.25, -0.2) is 24.0 Å². The van der Waals surface area contributed by atoms with Gasteiger partial charge in [-0.2, -0.15) is 0 Å². The number of ether oxygens (including phenoxy) is 3. The number of hydrogen-bond donors (Lipinski definition) is 2. The highest BCUT2D eigenvalue weighted by molar-refractivity contribution is 6.31. The lowest BCUT2D eigenvalue weighted by Crippen LogP contribution is -2.48. The molecule has 0 aromatic heterocycles. The molecule has 0 spiro atoms. The summed E-state index contributed by atoms with van der Waals surface area (Å²) in [5.41, 5.74) is 6.48. The number of benzene rings is 5. The van der Waals surface area contributed by atoms with Gasteiger partial charge in [0.15, 0.2) is 0 Å². The van der Waals surface area contributed by atoms with E-state index in [1.807, 2.05) is 42.5 Å². The molecule has 2 atom stereocenters. The Morgan fingerprint density at radius 2 is 1.03 bits per heavy atom. The summed E-state index contributed by atoms with van der Waals surface area (Å²) in [7, 11) is 3.11. The predicted octanol–water partition coefficient (Wildman–Crippen LogP) is 11.2. The standard InChI is InChI=1S/C33H36ClN3O4.C24H25ClN2O5/c1-22(2)41-32(39)29-23(3)35-33(40)37(30(29)26-15-9-17-28(34)20-26)21-25-13-8-16-27(19-25)31(38)36(4)18-10-14-24-11-6-5-7-12-24;1-14(2)32-23(29)20-15(3)26-24(30)27(21(20)17-8-6-10-19(25)12-17)13-16-7-5-9-18(11-16)22(28)31-4/h5-9,11-13,15-17,19-20,22,30H,10,14,18,21H2,1-4H3,(H,35,40);5-12,14,21H,13H2,1-4H3,(H,26,30). The van der Waals surface area contributed by atoms with Gasteiger partial charge in [0.25, 0.3) is 5.91 Å². The monoisotopic (exact) mass is 1030 g/mol. The molecule has 2 heterocycles. The number of methoxy groups -OCH3 is 1. The van der Waals surface area contributed by atoms with Crippen molar-refractivity contribution < 1.29 is 43.0 Å². The van der Waals surface area contributed by atoms with E-state index >= 15 is 0 Å². The minimum Gasteiger partial charge on any atom is -0.465 e. The van der Waals surface area contributed by atoms with Crippen molar-refractivity contribution in [2.24, 2.45) is 0 Å². The summed E-state index contributed by atoms with van der Waals surface area (Å²) in [5, 5.41) is 6.55. The molecule has 0 saturated carbocycles. The first-order valence-corrected chi connectivity index (χ1v) is 24.7. The average molecular weight is 1030 g/mol. The molecular weight excluding hydrogens is 970 g/mol. The molecule has 0 fully saturated rings. The zero-order valence-electron chi connectivity index (χ0n) is 42.2. The van der Waals surface area contributed by atoms with Crippen LogP contribution in [0.15, 0.2) is 150 Å². The first-order chi connectivity index (χ1) is 34.8. The van der Waals surface area contributed by atoms with E-state index in [1.54, 1.807) is 131 Å². The van der Waals surface area contributed by atoms with Crippen LogP contribution in [-0.2, 0) is 43.3 Å². The summed E-state index contributed by atoms with van der Waals surface area (Å²) < 4.78 is 15.8. The Hall–Kier alpha value is -7.42. The number of amides is 5. The maximum atomic E-state index is 13.4. The fraction of sp³-hybridized carbons (Fsp3) is 0.298. The predicted molar refractivity (Wildman–Crippen MR) is 280 cm³/mol. The minimum atomic E-state index is -0.728. The number of aryl methyl sites for hydroxylation is 1. The van der Waals surface area contributed by atoms with Crippen LogP contribution in [0, 0.1) is 0 Å². The molecule has 73 heavy (non-hydrogen) atoms. The second-order valence-corrected chi connectivity index (χ2v) is 19.1. The molecule has 0 bridgehead atoms. The molecule has 0 aliphatic carbocycles. The van der Waals surface area contributed by atoms with Crippen LogP contribution in [0.4, 0.5) is 9.59 Å². The number of nitrogens with one attached hydrogen (secondary N) is 2. The zero-order chi connectivity index (χ0) is 52.9. The van der Waals surface area contributed by atoms with Gasteiger partial charge in [0.2, 0.25) is 0 Å². The third-order valence-corrected chi connectivity index (χ3v) is 12.4. The lowest BCUT2D eigenvalue weighted by molar-refractivity contribution is -0.144. The summed E-state index contributed by atoms with van der Waals surface area (Å²) in [6, 6.07) is 36.2. The van der Waals surface area contributed by atoms with E-state index in [1.165, 1.54) is 17.6 Å². The van der Waals surface area contributed by atoms with Gasteiger partial charge < -0.3 is 39.5 Å². The first kappa shape index (κ1) is 54.9. The van der Waals surface area contributed by atoms with Gasteiger partial charge in [0.05, 0.1) is 48.1 Å². The summed E-state index contributed by atoms with van der Waals surface area (Å²) in [6.07, 6.45) is 1.08. The number of carbonyl (C=O) groups excluding carboxylic acids is 6. The van der Waals surface area contributed by atoms with E-state index in [-0.39, 0.29) is 43.3 Å². The molecule has 5 aromatic rings. The number of allylic oxidation sites excluding steroid dienone is 2. The molecule has 14 nitrogen and oxygen atoms in total. The maximum Gasteiger partial charge on any atom is 0.338 e. The number of halogens is 2. The summed E-state index contributed by atoms with van der Waals surface area (Å²) in [4.78, 5) is 82.7. The minimum absolute atomic E-state index is 0.0914. The van der Waals surface area contributed by atoms with Crippen molar-refractivity contribution in [3.05, 3.63) is 199 Å². The Kier molecular flexibility index (Phi) is 19.0. The number of carbonyl (C=O) groups is 6. The van der Waals surface area contributed by atoms with Crippen LogP contribution in [0.3, 0.4) is 0 Å².